The fourth-order valence-corrected chi connectivity index (χ4v) is 13.2. The molecule has 0 atom stereocenters. The second-order valence-corrected chi connectivity index (χ2v) is 31.0. The Bertz CT molecular complexity index is 5090. The predicted octanol–water partition coefficient (Wildman–Crippen LogP) is 21.9. The Morgan fingerprint density at radius 2 is 0.693 bits per heavy atom. The standard InChI is InChI=1S/C33H36O10.C31H42O5.C23H25NO5.C23H28O6/c1-5-17-40-41-19-6-18-39-28-11-13-29(14-12-28)42-33(35)31-16-15-30(22-24(31)2)43-32(34)27-9-7-26(8-10-27)25(3)38-21-20-37-23-36-4;1-4-7-25-8-10-27(11-9-25)28-16-18-30(19-17-28)36-31(32)29-14-12-26(13-15-29)24(2)35-23-6-22-34-21-5-20-33-3;1-18(28-16-4-15-27-14-3-13-26-2)20-7-9-21(10-8-20)23(25)29-22-11-5-19(17-24)6-12-22;1-18(28-17-5-16-27-15-4-14-25-2)19-6-8-20(9-7-19)23(24)29-22-12-10-21(26-3)11-13-22/h5,7-16,22H,1,3,6,17-21,23H2,2,4H3;12-19,25,27H,2,4-11,20-23H2,1,3H3;5-12H,1,3-4,13-16H2,2H3;6-13H,1,4-5,14-17H2,2-3H3. The minimum absolute atomic E-state index is 0.191. The summed E-state index contributed by atoms with van der Waals surface area (Å²) in [5, 5.41) is 8.79. The number of rotatable bonds is 59. The van der Waals surface area contributed by atoms with Gasteiger partial charge in [-0.25, -0.2) is 33.7 Å². The lowest BCUT2D eigenvalue weighted by atomic mass is 9.77. The van der Waals surface area contributed by atoms with Gasteiger partial charge in [0.05, 0.1) is 86.2 Å². The lowest BCUT2D eigenvalue weighted by molar-refractivity contribution is -0.287. The summed E-state index contributed by atoms with van der Waals surface area (Å²) in [4.78, 5) is 72.4. The maximum atomic E-state index is 12.8. The van der Waals surface area contributed by atoms with Crippen molar-refractivity contribution in [2.75, 3.05) is 155 Å². The second-order valence-electron chi connectivity index (χ2n) is 31.0. The van der Waals surface area contributed by atoms with Crippen LogP contribution in [0.3, 0.4) is 0 Å². The summed E-state index contributed by atoms with van der Waals surface area (Å²) in [6.45, 7) is 32.9. The maximum absolute atomic E-state index is 12.8. The summed E-state index contributed by atoms with van der Waals surface area (Å²) in [6.07, 6.45) is 15.0. The molecule has 0 saturated heterocycles. The molecule has 1 aliphatic carbocycles. The normalized spacial score (nSPS) is 12.3. The fraction of sp³-hybridized carbons (Fsp3) is 0.364. The van der Waals surface area contributed by atoms with Crippen LogP contribution >= 0.6 is 0 Å². The number of hydrogen-bond donors (Lipinski definition) is 0. The molecule has 1 saturated carbocycles. The van der Waals surface area contributed by atoms with E-state index >= 15 is 0 Å². The summed E-state index contributed by atoms with van der Waals surface area (Å²) in [7, 11) is 8.16. The topological polar surface area (TPSA) is 303 Å². The molecule has 0 N–H and O–H groups in total. The molecular formula is C110H131NO26. The van der Waals surface area contributed by atoms with Crippen molar-refractivity contribution in [3.05, 3.63) is 318 Å². The molecule has 0 aliphatic heterocycles. The summed E-state index contributed by atoms with van der Waals surface area (Å²) in [5.74, 6) is 4.70. The SMILES string of the molecule is C=C(OCCCOCCCOC)c1ccc(C(=O)Oc2ccc(C#N)cc2)cc1.C=C(OCCCOCCCOC)c1ccc(C(=O)Oc2ccc(C3CCC(CCC)CC3)cc2)cc1.C=C(OCCCOCCCOC)c1ccc(C(=O)Oc2ccc(OC)cc2)cc1.C=CCOOCCCOc1ccc(OC(=O)c2ccc(OC(=O)c3ccc(C(=C)OCCOCOC)cc3)cc2C)cc1. The largest absolute Gasteiger partial charge is 0.497 e. The van der Waals surface area contributed by atoms with Crippen LogP contribution in [0.5, 0.6) is 40.2 Å². The van der Waals surface area contributed by atoms with Gasteiger partial charge in [-0.1, -0.05) is 113 Å². The van der Waals surface area contributed by atoms with Gasteiger partial charge < -0.3 is 90.0 Å². The van der Waals surface area contributed by atoms with Crippen LogP contribution in [0.2, 0.25) is 0 Å². The molecule has 9 aromatic rings. The number of methoxy groups -OCH3 is 5. The number of carbonyl (C=O) groups excluding carboxylic acids is 5. The highest BCUT2D eigenvalue weighted by molar-refractivity contribution is 5.95. The first-order valence-corrected chi connectivity index (χ1v) is 45.8. The molecule has 27 nitrogen and oxygen atoms in total. The molecule has 10 rings (SSSR count). The zero-order valence-electron chi connectivity index (χ0n) is 80.0. The van der Waals surface area contributed by atoms with Gasteiger partial charge in [0.2, 0.25) is 0 Å². The Morgan fingerprint density at radius 3 is 1.07 bits per heavy atom. The van der Waals surface area contributed by atoms with E-state index in [0.29, 0.717) is 227 Å². The van der Waals surface area contributed by atoms with Gasteiger partial charge in [-0.2, -0.15) is 5.26 Å². The lowest BCUT2D eigenvalue weighted by Gasteiger charge is -2.28. The summed E-state index contributed by atoms with van der Waals surface area (Å²) in [6, 6.07) is 62.3. The van der Waals surface area contributed by atoms with E-state index in [9.17, 15) is 24.0 Å². The average molecular weight is 1880 g/mol. The van der Waals surface area contributed by atoms with Crippen LogP contribution in [0.15, 0.2) is 251 Å². The van der Waals surface area contributed by atoms with Gasteiger partial charge >= 0.3 is 29.8 Å². The number of nitrogens with zero attached hydrogens (tertiary/aromatic N) is 1. The average Bonchev–Trinajstić information content (AvgIpc) is 0.948. The van der Waals surface area contributed by atoms with Gasteiger partial charge in [0.15, 0.2) is 0 Å². The number of hydrogen-bond acceptors (Lipinski definition) is 27. The van der Waals surface area contributed by atoms with Crippen LogP contribution in [0.25, 0.3) is 23.0 Å². The molecule has 732 valence electrons. The Hall–Kier alpha value is -13.1. The Morgan fingerprint density at radius 1 is 0.350 bits per heavy atom. The van der Waals surface area contributed by atoms with E-state index in [2.05, 4.69) is 52.0 Å². The van der Waals surface area contributed by atoms with Crippen LogP contribution in [-0.4, -0.2) is 185 Å². The van der Waals surface area contributed by atoms with E-state index < -0.39 is 23.9 Å². The van der Waals surface area contributed by atoms with E-state index in [0.717, 1.165) is 66.7 Å². The monoisotopic (exact) mass is 1880 g/mol. The Balaban J connectivity index is 0.000000252. The van der Waals surface area contributed by atoms with Crippen molar-refractivity contribution in [2.24, 2.45) is 5.92 Å². The van der Waals surface area contributed by atoms with Crippen molar-refractivity contribution >= 4 is 52.9 Å². The van der Waals surface area contributed by atoms with Gasteiger partial charge in [0.25, 0.3) is 0 Å². The molecule has 0 unspecified atom stereocenters. The van der Waals surface area contributed by atoms with Gasteiger partial charge in [-0.05, 0) is 226 Å². The summed E-state index contributed by atoms with van der Waals surface area (Å²) < 4.78 is 102. The number of benzene rings is 9. The van der Waals surface area contributed by atoms with Crippen molar-refractivity contribution in [2.45, 2.75) is 103 Å². The lowest BCUT2D eigenvalue weighted by Crippen LogP contribution is -2.13. The van der Waals surface area contributed by atoms with Crippen molar-refractivity contribution in [1.82, 2.24) is 0 Å². The summed E-state index contributed by atoms with van der Waals surface area (Å²) >= 11 is 0. The fourth-order valence-electron chi connectivity index (χ4n) is 13.2. The molecule has 9 aromatic carbocycles. The molecule has 0 spiro atoms. The van der Waals surface area contributed by atoms with Crippen LogP contribution in [0.1, 0.15) is 187 Å². The highest BCUT2D eigenvalue weighted by atomic mass is 17.2. The van der Waals surface area contributed by atoms with E-state index in [1.807, 2.05) is 30.3 Å². The molecule has 0 amide bonds. The quantitative estimate of drug-likeness (QED) is 0.00500. The highest BCUT2D eigenvalue weighted by Gasteiger charge is 2.24. The number of esters is 5. The first-order valence-electron chi connectivity index (χ1n) is 45.8. The van der Waals surface area contributed by atoms with Crippen LogP contribution in [-0.2, 0) is 66.6 Å². The number of carbonyl (C=O) groups is 5. The number of aryl methyl sites for hydroxylation is 1. The third kappa shape index (κ3) is 43.6. The Kier molecular flexibility index (Phi) is 53.7. The maximum Gasteiger partial charge on any atom is 0.343 e. The molecule has 0 heterocycles. The van der Waals surface area contributed by atoms with Crippen LogP contribution in [0, 0.1) is 24.2 Å². The Labute approximate surface area is 805 Å². The molecule has 1 fully saturated rings. The predicted molar refractivity (Wildman–Crippen MR) is 524 cm³/mol. The minimum atomic E-state index is -0.545. The third-order valence-corrected chi connectivity index (χ3v) is 20.7. The number of nitriles is 1. The first kappa shape index (κ1) is 111. The van der Waals surface area contributed by atoms with E-state index in [-0.39, 0.29) is 12.8 Å². The molecule has 137 heavy (non-hydrogen) atoms. The van der Waals surface area contributed by atoms with Crippen LogP contribution in [0.4, 0.5) is 0 Å². The van der Waals surface area contributed by atoms with Gasteiger partial charge in [-0.3, -0.25) is 0 Å². The zero-order chi connectivity index (χ0) is 98.3. The van der Waals surface area contributed by atoms with Crippen molar-refractivity contribution in [3.8, 4) is 46.3 Å². The molecule has 1 aliphatic rings. The number of ether oxygens (including phenoxy) is 19. The second kappa shape index (κ2) is 66.4. The third-order valence-electron chi connectivity index (χ3n) is 20.7. The highest BCUT2D eigenvalue weighted by Crippen LogP contribution is 2.38. The summed E-state index contributed by atoms with van der Waals surface area (Å²) in [5.41, 5.74) is 7.66. The van der Waals surface area contributed by atoms with Crippen molar-refractivity contribution in [1.29, 1.82) is 5.26 Å². The smallest absolute Gasteiger partial charge is 0.343 e. The van der Waals surface area contributed by atoms with E-state index in [1.54, 1.807) is 224 Å². The van der Waals surface area contributed by atoms with Gasteiger partial charge in [-0.15, -0.1) is 6.58 Å². The molecular weight excluding hydrogens is 1750 g/mol. The molecule has 0 radical (unpaired) electrons. The van der Waals surface area contributed by atoms with Gasteiger partial charge in [0, 0.05) is 136 Å². The zero-order valence-corrected chi connectivity index (χ0v) is 80.0. The first-order chi connectivity index (χ1) is 66.8. The van der Waals surface area contributed by atoms with Gasteiger partial charge in [0.1, 0.15) is 83.3 Å². The molecule has 0 aromatic heterocycles. The molecule has 27 heteroatoms. The minimum Gasteiger partial charge on any atom is -0.497 e. The van der Waals surface area contributed by atoms with Crippen molar-refractivity contribution in [3.63, 3.8) is 0 Å². The van der Waals surface area contributed by atoms with Crippen LogP contribution < -0.4 is 33.2 Å². The van der Waals surface area contributed by atoms with E-state index in [4.69, 9.17) is 105 Å². The van der Waals surface area contributed by atoms with E-state index in [1.165, 1.54) is 44.1 Å². The molecule has 0 bridgehead atoms. The van der Waals surface area contributed by atoms with Crippen molar-refractivity contribution < 1.29 is 124 Å².